The number of rotatable bonds is 1. The number of anilines is 1. The number of ether oxygens (including phenoxy) is 1. The van der Waals surface area contributed by atoms with E-state index in [0.29, 0.717) is 12.0 Å². The molecule has 0 bridgehead atoms. The van der Waals surface area contributed by atoms with E-state index < -0.39 is 0 Å². The molecule has 2 atom stereocenters. The SMILES string of the molecule is C1=CCC(C2CNc3ccccc32)OC1. The van der Waals surface area contributed by atoms with Gasteiger partial charge in [0.25, 0.3) is 0 Å². The Bertz CT molecular complexity index is 386. The molecular weight excluding hydrogens is 186 g/mol. The fourth-order valence-electron chi connectivity index (χ4n) is 2.47. The molecule has 2 heteroatoms. The highest BCUT2D eigenvalue weighted by Gasteiger charge is 2.29. The Hall–Kier alpha value is -1.28. The van der Waals surface area contributed by atoms with Crippen molar-refractivity contribution in [3.05, 3.63) is 42.0 Å². The van der Waals surface area contributed by atoms with E-state index in [1.807, 2.05) is 0 Å². The predicted octanol–water partition coefficient (Wildman–Crippen LogP) is 2.54. The van der Waals surface area contributed by atoms with E-state index in [1.165, 1.54) is 11.3 Å². The monoisotopic (exact) mass is 201 g/mol. The first-order valence-electron chi connectivity index (χ1n) is 5.54. The van der Waals surface area contributed by atoms with Crippen LogP contribution < -0.4 is 5.32 Å². The van der Waals surface area contributed by atoms with Gasteiger partial charge in [0.1, 0.15) is 0 Å². The highest BCUT2D eigenvalue weighted by molar-refractivity contribution is 5.58. The number of para-hydroxylation sites is 1. The molecule has 0 spiro atoms. The molecule has 2 unspecified atom stereocenters. The summed E-state index contributed by atoms with van der Waals surface area (Å²) in [4.78, 5) is 0. The maximum atomic E-state index is 5.79. The van der Waals surface area contributed by atoms with E-state index in [1.54, 1.807) is 0 Å². The van der Waals surface area contributed by atoms with Crippen LogP contribution in [0.15, 0.2) is 36.4 Å². The minimum atomic E-state index is 0.353. The van der Waals surface area contributed by atoms with Gasteiger partial charge in [0.05, 0.1) is 12.7 Å². The van der Waals surface area contributed by atoms with Crippen molar-refractivity contribution < 1.29 is 4.74 Å². The molecule has 2 aliphatic rings. The van der Waals surface area contributed by atoms with Gasteiger partial charge in [-0.1, -0.05) is 30.4 Å². The summed E-state index contributed by atoms with van der Waals surface area (Å²) in [7, 11) is 0. The van der Waals surface area contributed by atoms with Gasteiger partial charge in [0.2, 0.25) is 0 Å². The van der Waals surface area contributed by atoms with E-state index >= 15 is 0 Å². The van der Waals surface area contributed by atoms with Crippen LogP contribution in [0.3, 0.4) is 0 Å². The summed E-state index contributed by atoms with van der Waals surface area (Å²) in [6.07, 6.45) is 5.73. The first-order chi connectivity index (χ1) is 7.45. The lowest BCUT2D eigenvalue weighted by molar-refractivity contribution is 0.0516. The number of hydrogen-bond acceptors (Lipinski definition) is 2. The van der Waals surface area contributed by atoms with Crippen molar-refractivity contribution in [1.82, 2.24) is 0 Å². The fourth-order valence-corrected chi connectivity index (χ4v) is 2.47. The highest BCUT2D eigenvalue weighted by atomic mass is 16.5. The highest BCUT2D eigenvalue weighted by Crippen LogP contribution is 2.36. The molecule has 2 aliphatic heterocycles. The van der Waals surface area contributed by atoms with Crippen molar-refractivity contribution in [2.45, 2.75) is 18.4 Å². The van der Waals surface area contributed by atoms with Crippen molar-refractivity contribution in [2.24, 2.45) is 0 Å². The van der Waals surface area contributed by atoms with Gasteiger partial charge in [0, 0.05) is 18.2 Å². The number of nitrogens with one attached hydrogen (secondary N) is 1. The molecule has 1 aromatic carbocycles. The Morgan fingerprint density at radius 2 is 2.13 bits per heavy atom. The van der Waals surface area contributed by atoms with Crippen LogP contribution in [0, 0.1) is 0 Å². The summed E-state index contributed by atoms with van der Waals surface area (Å²) in [5.74, 6) is 0.520. The molecule has 2 heterocycles. The van der Waals surface area contributed by atoms with Crippen LogP contribution >= 0.6 is 0 Å². The van der Waals surface area contributed by atoms with Crippen LogP contribution in [0.1, 0.15) is 17.9 Å². The Morgan fingerprint density at radius 3 is 3.00 bits per heavy atom. The van der Waals surface area contributed by atoms with Gasteiger partial charge in [-0.25, -0.2) is 0 Å². The maximum Gasteiger partial charge on any atom is 0.0699 e. The molecule has 0 aliphatic carbocycles. The summed E-state index contributed by atoms with van der Waals surface area (Å²) in [6, 6.07) is 8.54. The number of hydrogen-bond donors (Lipinski definition) is 1. The topological polar surface area (TPSA) is 21.3 Å². The molecule has 78 valence electrons. The van der Waals surface area contributed by atoms with Crippen molar-refractivity contribution in [2.75, 3.05) is 18.5 Å². The van der Waals surface area contributed by atoms with Gasteiger partial charge in [-0.2, -0.15) is 0 Å². The van der Waals surface area contributed by atoms with Gasteiger partial charge >= 0.3 is 0 Å². The van der Waals surface area contributed by atoms with Gasteiger partial charge in [-0.3, -0.25) is 0 Å². The summed E-state index contributed by atoms with van der Waals surface area (Å²) in [5.41, 5.74) is 2.69. The summed E-state index contributed by atoms with van der Waals surface area (Å²) in [6.45, 7) is 1.78. The van der Waals surface area contributed by atoms with E-state index in [0.717, 1.165) is 19.6 Å². The molecule has 0 saturated carbocycles. The van der Waals surface area contributed by atoms with Gasteiger partial charge in [-0.15, -0.1) is 0 Å². The van der Waals surface area contributed by atoms with Crippen LogP contribution in [0.2, 0.25) is 0 Å². The van der Waals surface area contributed by atoms with Crippen molar-refractivity contribution in [3.63, 3.8) is 0 Å². The third kappa shape index (κ3) is 1.55. The molecule has 0 fully saturated rings. The molecule has 15 heavy (non-hydrogen) atoms. The molecular formula is C13H15NO. The first-order valence-corrected chi connectivity index (χ1v) is 5.54. The zero-order chi connectivity index (χ0) is 10.1. The maximum absolute atomic E-state index is 5.79. The quantitative estimate of drug-likeness (QED) is 0.705. The average molecular weight is 201 g/mol. The van der Waals surface area contributed by atoms with Crippen molar-refractivity contribution >= 4 is 5.69 Å². The fraction of sp³-hybridized carbons (Fsp3) is 0.385. The van der Waals surface area contributed by atoms with Gasteiger partial charge in [0.15, 0.2) is 0 Å². The molecule has 3 rings (SSSR count). The van der Waals surface area contributed by atoms with Crippen LogP contribution in [0.25, 0.3) is 0 Å². The Balaban J connectivity index is 1.87. The third-order valence-electron chi connectivity index (χ3n) is 3.26. The van der Waals surface area contributed by atoms with Gasteiger partial charge in [-0.05, 0) is 18.1 Å². The van der Waals surface area contributed by atoms with Crippen LogP contribution in [0.5, 0.6) is 0 Å². The van der Waals surface area contributed by atoms with Crippen LogP contribution in [0.4, 0.5) is 5.69 Å². The second kappa shape index (κ2) is 3.70. The van der Waals surface area contributed by atoms with Crippen molar-refractivity contribution in [1.29, 1.82) is 0 Å². The molecule has 0 radical (unpaired) electrons. The lowest BCUT2D eigenvalue weighted by atomic mass is 9.92. The lowest BCUT2D eigenvalue weighted by Gasteiger charge is -2.24. The molecule has 0 saturated heterocycles. The standard InChI is InChI=1S/C13H15NO/c1-2-6-12-10(5-1)11(9-14-12)13-7-3-4-8-15-13/h1-6,11,13-14H,7-9H2. The second-order valence-electron chi connectivity index (χ2n) is 4.15. The molecule has 2 nitrogen and oxygen atoms in total. The lowest BCUT2D eigenvalue weighted by Crippen LogP contribution is -2.25. The first kappa shape index (κ1) is 8.98. The smallest absolute Gasteiger partial charge is 0.0699 e. The Kier molecular flexibility index (Phi) is 2.22. The minimum Gasteiger partial charge on any atom is -0.384 e. The summed E-state index contributed by atoms with van der Waals surface area (Å²) >= 11 is 0. The summed E-state index contributed by atoms with van der Waals surface area (Å²) in [5, 5.41) is 3.44. The summed E-state index contributed by atoms with van der Waals surface area (Å²) < 4.78 is 5.79. The third-order valence-corrected chi connectivity index (χ3v) is 3.26. The molecule has 0 aromatic heterocycles. The zero-order valence-electron chi connectivity index (χ0n) is 8.65. The minimum absolute atomic E-state index is 0.353. The zero-order valence-corrected chi connectivity index (χ0v) is 8.65. The Morgan fingerprint density at radius 1 is 1.20 bits per heavy atom. The van der Waals surface area contributed by atoms with Gasteiger partial charge < -0.3 is 10.1 Å². The number of benzene rings is 1. The molecule has 1 N–H and O–H groups in total. The van der Waals surface area contributed by atoms with Crippen LogP contribution in [-0.4, -0.2) is 19.3 Å². The number of fused-ring (bicyclic) bond motifs is 1. The van der Waals surface area contributed by atoms with E-state index in [-0.39, 0.29) is 0 Å². The average Bonchev–Trinajstić information content (AvgIpc) is 2.74. The largest absolute Gasteiger partial charge is 0.384 e. The molecule has 1 aromatic rings. The van der Waals surface area contributed by atoms with Crippen LogP contribution in [-0.2, 0) is 4.74 Å². The Labute approximate surface area is 89.9 Å². The van der Waals surface area contributed by atoms with E-state index in [2.05, 4.69) is 41.7 Å². The van der Waals surface area contributed by atoms with Crippen molar-refractivity contribution in [3.8, 4) is 0 Å². The normalized spacial score (nSPS) is 28.5. The second-order valence-corrected chi connectivity index (χ2v) is 4.15. The van der Waals surface area contributed by atoms with E-state index in [9.17, 15) is 0 Å². The molecule has 0 amide bonds. The predicted molar refractivity (Wildman–Crippen MR) is 61.2 cm³/mol. The van der Waals surface area contributed by atoms with E-state index in [4.69, 9.17) is 4.74 Å².